The third-order valence-corrected chi connectivity index (χ3v) is 5.44. The lowest BCUT2D eigenvalue weighted by molar-refractivity contribution is 0.0991. The van der Waals surface area contributed by atoms with Crippen molar-refractivity contribution in [2.24, 2.45) is 0 Å². The van der Waals surface area contributed by atoms with Gasteiger partial charge >= 0.3 is 6.09 Å². The van der Waals surface area contributed by atoms with Gasteiger partial charge in [0, 0.05) is 11.8 Å². The summed E-state index contributed by atoms with van der Waals surface area (Å²) < 4.78 is 5.33. The van der Waals surface area contributed by atoms with E-state index in [1.807, 2.05) is 18.2 Å². The minimum absolute atomic E-state index is 0.0848. The number of aromatic hydroxyl groups is 1. The van der Waals surface area contributed by atoms with Gasteiger partial charge in [0.1, 0.15) is 11.5 Å². The number of phenolic OH excluding ortho intramolecular Hbond substituents is 1. The molecule has 9 nitrogen and oxygen atoms in total. The van der Waals surface area contributed by atoms with E-state index >= 15 is 0 Å². The maximum absolute atomic E-state index is 13.4. The van der Waals surface area contributed by atoms with Gasteiger partial charge in [-0.05, 0) is 41.5 Å². The van der Waals surface area contributed by atoms with Crippen molar-refractivity contribution in [3.63, 3.8) is 0 Å². The third-order valence-electron chi connectivity index (χ3n) is 5.44. The molecule has 2 heterocycles. The van der Waals surface area contributed by atoms with Gasteiger partial charge < -0.3 is 19.9 Å². The first-order valence-electron chi connectivity index (χ1n) is 9.75. The van der Waals surface area contributed by atoms with Crippen molar-refractivity contribution in [1.82, 2.24) is 9.97 Å². The van der Waals surface area contributed by atoms with Crippen molar-refractivity contribution in [2.45, 2.75) is 6.04 Å². The van der Waals surface area contributed by atoms with Crippen molar-refractivity contribution in [1.29, 1.82) is 0 Å². The van der Waals surface area contributed by atoms with Gasteiger partial charge in [-0.1, -0.05) is 24.3 Å². The molecule has 160 valence electrons. The topological polar surface area (TPSA) is 128 Å². The molecule has 0 spiro atoms. The van der Waals surface area contributed by atoms with Crippen molar-refractivity contribution < 1.29 is 24.5 Å². The van der Waals surface area contributed by atoms with Gasteiger partial charge in [-0.15, -0.1) is 0 Å². The first kappa shape index (κ1) is 19.4. The number of methoxy groups -OCH3 is 1. The number of aromatic nitrogens is 2. The Labute approximate surface area is 181 Å². The van der Waals surface area contributed by atoms with Crippen LogP contribution in [0.5, 0.6) is 11.5 Å². The number of amides is 2. The standard InChI is InChI=1S/C23H18N4O5/c1-32-14-5-2-4-13(11-14)27-20(15-6-3-7-18(28)19(15)21(27)29)12-8-9-16-17(10-12)25-22(24-16)26-23(30)31/h2-11,20,28H,1H3,(H,30,31)(H2,24,25,26). The number of fused-ring (bicyclic) bond motifs is 2. The van der Waals surface area contributed by atoms with E-state index in [1.165, 1.54) is 6.07 Å². The number of nitrogens with zero attached hydrogens (tertiary/aromatic N) is 2. The summed E-state index contributed by atoms with van der Waals surface area (Å²) in [5.74, 6) is 0.297. The average Bonchev–Trinajstić information content (AvgIpc) is 3.31. The number of aromatic amines is 1. The minimum atomic E-state index is -1.22. The molecule has 32 heavy (non-hydrogen) atoms. The Morgan fingerprint density at radius 1 is 1.16 bits per heavy atom. The lowest BCUT2D eigenvalue weighted by atomic mass is 9.97. The molecule has 0 radical (unpaired) electrons. The summed E-state index contributed by atoms with van der Waals surface area (Å²) in [6.07, 6.45) is -1.22. The molecule has 9 heteroatoms. The zero-order chi connectivity index (χ0) is 22.4. The molecule has 4 N–H and O–H groups in total. The van der Waals surface area contributed by atoms with E-state index in [0.29, 0.717) is 28.0 Å². The van der Waals surface area contributed by atoms with Crippen molar-refractivity contribution >= 4 is 34.7 Å². The maximum Gasteiger partial charge on any atom is 0.411 e. The van der Waals surface area contributed by atoms with E-state index < -0.39 is 12.1 Å². The molecule has 0 saturated carbocycles. The highest BCUT2D eigenvalue weighted by atomic mass is 16.5. The number of anilines is 2. The average molecular weight is 430 g/mol. The summed E-state index contributed by atoms with van der Waals surface area (Å²) in [5, 5.41) is 21.6. The second-order valence-corrected chi connectivity index (χ2v) is 7.31. The van der Waals surface area contributed by atoms with Crippen LogP contribution < -0.4 is 15.0 Å². The van der Waals surface area contributed by atoms with Crippen molar-refractivity contribution in [3.05, 3.63) is 77.4 Å². The molecule has 1 aromatic heterocycles. The molecule has 1 unspecified atom stereocenters. The number of hydrogen-bond acceptors (Lipinski definition) is 5. The Kier molecular flexibility index (Phi) is 4.44. The fraction of sp³-hybridized carbons (Fsp3) is 0.0870. The fourth-order valence-electron chi connectivity index (χ4n) is 4.11. The first-order chi connectivity index (χ1) is 15.5. The monoisotopic (exact) mass is 430 g/mol. The van der Waals surface area contributed by atoms with Crippen LogP contribution in [0.4, 0.5) is 16.4 Å². The number of carboxylic acid groups (broad SMARTS) is 1. The summed E-state index contributed by atoms with van der Waals surface area (Å²) >= 11 is 0. The predicted molar refractivity (Wildman–Crippen MR) is 117 cm³/mol. The van der Waals surface area contributed by atoms with Crippen LogP contribution in [-0.4, -0.2) is 39.3 Å². The second kappa shape index (κ2) is 7.31. The number of hydrogen-bond donors (Lipinski definition) is 4. The fourth-order valence-corrected chi connectivity index (χ4v) is 4.11. The number of ether oxygens (including phenoxy) is 1. The SMILES string of the molecule is COc1cccc(N2C(=O)c3c(O)cccc3C2c2ccc3nc(NC(=O)O)[nH]c3c2)c1. The van der Waals surface area contributed by atoms with Gasteiger partial charge in [-0.25, -0.2) is 9.78 Å². The summed E-state index contributed by atoms with van der Waals surface area (Å²) in [5.41, 5.74) is 3.49. The number of nitrogens with one attached hydrogen (secondary N) is 2. The van der Waals surface area contributed by atoms with Gasteiger partial charge in [0.25, 0.3) is 5.91 Å². The third kappa shape index (κ3) is 3.07. The molecule has 1 atom stereocenters. The van der Waals surface area contributed by atoms with Crippen LogP contribution in [0.3, 0.4) is 0 Å². The van der Waals surface area contributed by atoms with Crippen LogP contribution >= 0.6 is 0 Å². The van der Waals surface area contributed by atoms with Crippen molar-refractivity contribution in [2.75, 3.05) is 17.3 Å². The molecule has 0 saturated heterocycles. The highest BCUT2D eigenvalue weighted by Gasteiger charge is 2.40. The summed E-state index contributed by atoms with van der Waals surface area (Å²) in [6, 6.07) is 17.0. The Morgan fingerprint density at radius 3 is 2.75 bits per heavy atom. The van der Waals surface area contributed by atoms with Gasteiger partial charge in [0.2, 0.25) is 5.95 Å². The zero-order valence-electron chi connectivity index (χ0n) is 16.9. The largest absolute Gasteiger partial charge is 0.507 e. The van der Waals surface area contributed by atoms with Crippen LogP contribution in [0.25, 0.3) is 11.0 Å². The van der Waals surface area contributed by atoms with E-state index in [2.05, 4.69) is 15.3 Å². The Bertz CT molecular complexity index is 1380. The number of imidazole rings is 1. The maximum atomic E-state index is 13.4. The van der Waals surface area contributed by atoms with E-state index in [-0.39, 0.29) is 23.2 Å². The molecule has 3 aromatic carbocycles. The molecule has 4 aromatic rings. The number of phenols is 1. The molecule has 5 rings (SSSR count). The number of carbonyl (C=O) groups is 2. The molecule has 0 fully saturated rings. The molecule has 0 bridgehead atoms. The number of carbonyl (C=O) groups excluding carboxylic acids is 1. The summed E-state index contributed by atoms with van der Waals surface area (Å²) in [4.78, 5) is 33.1. The number of H-pyrrole nitrogens is 1. The van der Waals surface area contributed by atoms with Gasteiger partial charge in [0.05, 0.1) is 29.7 Å². The lowest BCUT2D eigenvalue weighted by Gasteiger charge is -2.26. The Morgan fingerprint density at radius 2 is 1.97 bits per heavy atom. The molecule has 1 aliphatic heterocycles. The summed E-state index contributed by atoms with van der Waals surface area (Å²) in [7, 11) is 1.55. The zero-order valence-corrected chi connectivity index (χ0v) is 16.9. The van der Waals surface area contributed by atoms with Crippen LogP contribution in [0.1, 0.15) is 27.5 Å². The van der Waals surface area contributed by atoms with E-state index in [9.17, 15) is 14.7 Å². The number of rotatable bonds is 4. The molecule has 0 aliphatic carbocycles. The smallest absolute Gasteiger partial charge is 0.411 e. The van der Waals surface area contributed by atoms with Crippen LogP contribution in [-0.2, 0) is 0 Å². The molecule has 2 amide bonds. The predicted octanol–water partition coefficient (Wildman–Crippen LogP) is 4.12. The Hall–Kier alpha value is -4.53. The van der Waals surface area contributed by atoms with Crippen LogP contribution in [0.15, 0.2) is 60.7 Å². The summed E-state index contributed by atoms with van der Waals surface area (Å²) in [6.45, 7) is 0. The molecular formula is C23H18N4O5. The Balaban J connectivity index is 1.67. The van der Waals surface area contributed by atoms with Gasteiger partial charge in [-0.3, -0.25) is 15.0 Å². The quantitative estimate of drug-likeness (QED) is 0.386. The number of benzene rings is 3. The van der Waals surface area contributed by atoms with E-state index in [0.717, 1.165) is 5.56 Å². The first-order valence-corrected chi connectivity index (χ1v) is 9.75. The van der Waals surface area contributed by atoms with Gasteiger partial charge in [-0.2, -0.15) is 0 Å². The van der Waals surface area contributed by atoms with Gasteiger partial charge in [0.15, 0.2) is 0 Å². The van der Waals surface area contributed by atoms with E-state index in [4.69, 9.17) is 9.84 Å². The molecular weight excluding hydrogens is 412 g/mol. The highest BCUT2D eigenvalue weighted by molar-refractivity contribution is 6.13. The van der Waals surface area contributed by atoms with Crippen molar-refractivity contribution in [3.8, 4) is 11.5 Å². The minimum Gasteiger partial charge on any atom is -0.507 e. The van der Waals surface area contributed by atoms with Crippen LogP contribution in [0.2, 0.25) is 0 Å². The van der Waals surface area contributed by atoms with E-state index in [1.54, 1.807) is 48.4 Å². The highest BCUT2D eigenvalue weighted by Crippen LogP contribution is 2.45. The normalized spacial score (nSPS) is 15.1. The molecule has 1 aliphatic rings. The lowest BCUT2D eigenvalue weighted by Crippen LogP contribution is -2.28. The van der Waals surface area contributed by atoms with Crippen LogP contribution in [0, 0.1) is 0 Å². The second-order valence-electron chi connectivity index (χ2n) is 7.31.